The largest absolute Gasteiger partial charge is 0.394 e. The molecule has 0 aromatic heterocycles. The van der Waals surface area contributed by atoms with Crippen LogP contribution in [0, 0.1) is 0 Å². The van der Waals surface area contributed by atoms with Crippen LogP contribution in [0.15, 0.2) is 36.5 Å². The molecule has 14 heteroatoms. The minimum absolute atomic E-state index is 0.230. The molecule has 0 bridgehead atoms. The molecule has 2 fully saturated rings. The van der Waals surface area contributed by atoms with Crippen LogP contribution in [-0.2, 0) is 23.7 Å². The first-order chi connectivity index (χ1) is 48.6. The molecule has 0 saturated carbocycles. The van der Waals surface area contributed by atoms with E-state index in [9.17, 15) is 45.6 Å². The van der Waals surface area contributed by atoms with Crippen molar-refractivity contribution in [3.8, 4) is 0 Å². The average Bonchev–Trinajstić information content (AvgIpc) is 0.794. The van der Waals surface area contributed by atoms with Crippen molar-refractivity contribution in [3.63, 3.8) is 0 Å². The van der Waals surface area contributed by atoms with Crippen LogP contribution in [-0.4, -0.2) is 140 Å². The molecule has 99 heavy (non-hydrogen) atoms. The van der Waals surface area contributed by atoms with Gasteiger partial charge in [-0.2, -0.15) is 0 Å². The molecule has 2 aliphatic rings. The van der Waals surface area contributed by atoms with Crippen LogP contribution >= 0.6 is 0 Å². The van der Waals surface area contributed by atoms with Crippen LogP contribution in [0.25, 0.3) is 0 Å². The number of amides is 1. The van der Waals surface area contributed by atoms with Gasteiger partial charge in [0.25, 0.3) is 0 Å². The summed E-state index contributed by atoms with van der Waals surface area (Å²) in [7, 11) is 0. The summed E-state index contributed by atoms with van der Waals surface area (Å²) >= 11 is 0. The van der Waals surface area contributed by atoms with E-state index in [0.717, 1.165) is 44.9 Å². The van der Waals surface area contributed by atoms with Crippen LogP contribution in [0.1, 0.15) is 406 Å². The Morgan fingerprint density at radius 2 is 0.667 bits per heavy atom. The Kier molecular flexibility index (Phi) is 65.3. The van der Waals surface area contributed by atoms with E-state index < -0.39 is 86.8 Å². The van der Waals surface area contributed by atoms with Crippen molar-refractivity contribution < 1.29 is 64.6 Å². The van der Waals surface area contributed by atoms with E-state index in [1.54, 1.807) is 6.08 Å². The molecule has 12 unspecified atom stereocenters. The molecule has 14 nitrogen and oxygen atoms in total. The maximum absolute atomic E-state index is 13.4. The lowest BCUT2D eigenvalue weighted by atomic mass is 9.97. The van der Waals surface area contributed by atoms with Gasteiger partial charge in [0.1, 0.15) is 48.8 Å². The molecule has 9 N–H and O–H groups in total. The number of aliphatic hydroxyl groups excluding tert-OH is 8. The van der Waals surface area contributed by atoms with Gasteiger partial charge in [0.05, 0.1) is 32.0 Å². The van der Waals surface area contributed by atoms with Gasteiger partial charge < -0.3 is 65.1 Å². The van der Waals surface area contributed by atoms with E-state index in [-0.39, 0.29) is 18.9 Å². The summed E-state index contributed by atoms with van der Waals surface area (Å²) in [5, 5.41) is 87.8. The van der Waals surface area contributed by atoms with Gasteiger partial charge in [-0.25, -0.2) is 0 Å². The number of hydrogen-bond donors (Lipinski definition) is 9. The first kappa shape index (κ1) is 93.3. The molecule has 0 aromatic carbocycles. The van der Waals surface area contributed by atoms with Gasteiger partial charge in [-0.1, -0.05) is 384 Å². The monoisotopic (exact) mass is 1400 g/mol. The molecule has 12 atom stereocenters. The van der Waals surface area contributed by atoms with E-state index in [1.165, 1.54) is 334 Å². The van der Waals surface area contributed by atoms with Crippen molar-refractivity contribution in [1.82, 2.24) is 5.32 Å². The van der Waals surface area contributed by atoms with E-state index in [1.807, 2.05) is 6.08 Å². The maximum atomic E-state index is 13.4. The molecule has 2 heterocycles. The van der Waals surface area contributed by atoms with E-state index in [4.69, 9.17) is 18.9 Å². The number of allylic oxidation sites excluding steroid dienone is 5. The highest BCUT2D eigenvalue weighted by Gasteiger charge is 2.51. The van der Waals surface area contributed by atoms with Crippen molar-refractivity contribution in [3.05, 3.63) is 36.5 Å². The SMILES string of the molecule is CCCCCCC/C=C\C/C=C\CCCCCCCCCCCCCCCCCCCCCCCCCCCCCC(=O)NC(COC1OC(CO)C(OC2OC(CO)C(O)C(O)C2O)C(O)C1O)C(O)/C=C/CCCCCCCCCCCCCCCCCCCCCCCCCC. The standard InChI is InChI=1S/C85H161NO13/c1-3-5-7-9-11-13-15-17-19-21-23-25-27-29-31-32-33-34-35-36-37-38-39-40-41-42-43-45-47-49-51-53-55-57-59-61-63-65-67-69-77(90)86-73(72-96-84-82(95)80(93)83(76(71-88)98-84)99-85-81(94)79(92)78(91)75(70-87)97-85)74(89)68-66-64-62-60-58-56-54-52-50-48-46-44-30-28-26-24-22-20-18-16-14-12-10-8-6-4-2/h15,17,21,23,66,68,73-76,78-85,87-89,91-95H,3-14,16,18-20,22,24-65,67,69-72H2,1-2H3,(H,86,90)/b17-15-,23-21-,68-66+. The minimum atomic E-state index is -1.79. The van der Waals surface area contributed by atoms with Gasteiger partial charge in [0, 0.05) is 6.42 Å². The fraction of sp³-hybridized carbons (Fsp3) is 0.918. The maximum Gasteiger partial charge on any atom is 0.220 e. The van der Waals surface area contributed by atoms with Crippen LogP contribution in [0.4, 0.5) is 0 Å². The Morgan fingerprint density at radius 3 is 1.01 bits per heavy atom. The Bertz CT molecular complexity index is 1800. The van der Waals surface area contributed by atoms with Crippen molar-refractivity contribution in [2.24, 2.45) is 0 Å². The highest BCUT2D eigenvalue weighted by atomic mass is 16.7. The second-order valence-corrected chi connectivity index (χ2v) is 30.3. The zero-order chi connectivity index (χ0) is 71.5. The lowest BCUT2D eigenvalue weighted by Gasteiger charge is -2.46. The van der Waals surface area contributed by atoms with Crippen LogP contribution < -0.4 is 5.32 Å². The number of ether oxygens (including phenoxy) is 4. The molecule has 0 radical (unpaired) electrons. The number of carbonyl (C=O) groups excluding carboxylic acids is 1. The molecular weight excluding hydrogens is 1240 g/mol. The number of rotatable bonds is 73. The lowest BCUT2D eigenvalue weighted by molar-refractivity contribution is -0.359. The van der Waals surface area contributed by atoms with Crippen molar-refractivity contribution >= 4 is 5.91 Å². The van der Waals surface area contributed by atoms with E-state index in [0.29, 0.717) is 6.42 Å². The Hall–Kier alpha value is -1.79. The predicted molar refractivity (Wildman–Crippen MR) is 411 cm³/mol. The molecule has 2 rings (SSSR count). The number of hydrogen-bond acceptors (Lipinski definition) is 13. The predicted octanol–water partition coefficient (Wildman–Crippen LogP) is 20.0. The van der Waals surface area contributed by atoms with E-state index in [2.05, 4.69) is 43.5 Å². The number of aliphatic hydroxyl groups is 8. The summed E-state index contributed by atoms with van der Waals surface area (Å²) in [5.41, 5.74) is 0. The summed E-state index contributed by atoms with van der Waals surface area (Å²) in [6.07, 6.45) is 75.3. The molecule has 584 valence electrons. The van der Waals surface area contributed by atoms with Gasteiger partial charge in [0.15, 0.2) is 12.6 Å². The molecule has 1 amide bonds. The zero-order valence-corrected chi connectivity index (χ0v) is 64.3. The highest BCUT2D eigenvalue weighted by molar-refractivity contribution is 5.76. The molecule has 2 aliphatic heterocycles. The molecule has 2 saturated heterocycles. The lowest BCUT2D eigenvalue weighted by Crippen LogP contribution is -2.65. The van der Waals surface area contributed by atoms with Crippen LogP contribution in [0.5, 0.6) is 0 Å². The Balaban J connectivity index is 1.56. The first-order valence-corrected chi connectivity index (χ1v) is 42.7. The molecule has 0 spiro atoms. The normalized spacial score (nSPS) is 22.0. The van der Waals surface area contributed by atoms with Gasteiger partial charge in [-0.05, 0) is 51.4 Å². The number of nitrogens with one attached hydrogen (secondary N) is 1. The first-order valence-electron chi connectivity index (χ1n) is 42.7. The molecule has 0 aliphatic carbocycles. The van der Waals surface area contributed by atoms with Crippen LogP contribution in [0.2, 0.25) is 0 Å². The third-order valence-corrected chi connectivity index (χ3v) is 21.1. The number of carbonyl (C=O) groups is 1. The smallest absolute Gasteiger partial charge is 0.220 e. The quantitative estimate of drug-likeness (QED) is 0.0204. The van der Waals surface area contributed by atoms with Crippen LogP contribution in [0.3, 0.4) is 0 Å². The summed E-state index contributed by atoms with van der Waals surface area (Å²) in [6, 6.07) is -0.914. The molecule has 0 aromatic rings. The molecular formula is C85H161NO13. The van der Waals surface area contributed by atoms with E-state index >= 15 is 0 Å². The summed E-state index contributed by atoms with van der Waals surface area (Å²) in [5.74, 6) is -0.230. The Labute approximate surface area is 608 Å². The third kappa shape index (κ3) is 51.9. The zero-order valence-electron chi connectivity index (χ0n) is 64.3. The second-order valence-electron chi connectivity index (χ2n) is 30.3. The van der Waals surface area contributed by atoms with Crippen molar-refractivity contribution in [1.29, 1.82) is 0 Å². The minimum Gasteiger partial charge on any atom is -0.394 e. The van der Waals surface area contributed by atoms with Crippen molar-refractivity contribution in [2.75, 3.05) is 19.8 Å². The average molecular weight is 1410 g/mol. The van der Waals surface area contributed by atoms with Gasteiger partial charge in [-0.3, -0.25) is 4.79 Å². The summed E-state index contributed by atoms with van der Waals surface area (Å²) in [6.45, 7) is 2.86. The topological polar surface area (TPSA) is 228 Å². The van der Waals surface area contributed by atoms with Crippen molar-refractivity contribution in [2.45, 2.75) is 479 Å². The number of unbranched alkanes of at least 4 members (excludes halogenated alkanes) is 56. The summed E-state index contributed by atoms with van der Waals surface area (Å²) < 4.78 is 22.9. The Morgan fingerprint density at radius 1 is 0.364 bits per heavy atom. The van der Waals surface area contributed by atoms with Gasteiger partial charge in [-0.15, -0.1) is 0 Å². The summed E-state index contributed by atoms with van der Waals surface area (Å²) in [4.78, 5) is 13.4. The van der Waals surface area contributed by atoms with Gasteiger partial charge >= 0.3 is 0 Å². The fourth-order valence-electron chi connectivity index (χ4n) is 14.3. The fourth-order valence-corrected chi connectivity index (χ4v) is 14.3. The second kappa shape index (κ2) is 69.3. The van der Waals surface area contributed by atoms with Gasteiger partial charge in [0.2, 0.25) is 5.91 Å². The third-order valence-electron chi connectivity index (χ3n) is 21.1. The highest BCUT2D eigenvalue weighted by Crippen LogP contribution is 2.30.